The lowest BCUT2D eigenvalue weighted by Gasteiger charge is -2.12. The fourth-order valence-corrected chi connectivity index (χ4v) is 1.93. The zero-order chi connectivity index (χ0) is 13.3. The molecule has 4 nitrogen and oxygen atoms in total. The van der Waals surface area contributed by atoms with E-state index in [2.05, 4.69) is 5.10 Å². The first kappa shape index (κ1) is 12.4. The minimum absolute atomic E-state index is 0.0666. The number of ether oxygens (including phenoxy) is 1. The molecule has 0 atom stereocenters. The van der Waals surface area contributed by atoms with Gasteiger partial charge in [0.2, 0.25) is 0 Å². The maximum absolute atomic E-state index is 12.4. The van der Waals surface area contributed by atoms with Crippen LogP contribution in [0.15, 0.2) is 24.5 Å². The van der Waals surface area contributed by atoms with Crippen LogP contribution in [0.3, 0.4) is 0 Å². The summed E-state index contributed by atoms with van der Waals surface area (Å²) in [6, 6.07) is 3.73. The SMILES string of the molecule is COc1c(C(=O)c2cnn(C)c2)ccc(C)c1C. The van der Waals surface area contributed by atoms with E-state index in [4.69, 9.17) is 4.74 Å². The Morgan fingerprint density at radius 1 is 1.33 bits per heavy atom. The molecule has 0 aliphatic carbocycles. The Morgan fingerprint density at radius 3 is 2.61 bits per heavy atom. The third kappa shape index (κ3) is 2.01. The lowest BCUT2D eigenvalue weighted by Crippen LogP contribution is -2.05. The van der Waals surface area contributed by atoms with Gasteiger partial charge < -0.3 is 4.74 Å². The summed E-state index contributed by atoms with van der Waals surface area (Å²) in [5.41, 5.74) is 3.24. The van der Waals surface area contributed by atoms with E-state index >= 15 is 0 Å². The Labute approximate surface area is 106 Å². The molecule has 2 rings (SSSR count). The molecule has 0 saturated heterocycles. The van der Waals surface area contributed by atoms with Crippen LogP contribution in [0.2, 0.25) is 0 Å². The second kappa shape index (κ2) is 4.64. The van der Waals surface area contributed by atoms with Crippen molar-refractivity contribution in [2.75, 3.05) is 7.11 Å². The van der Waals surface area contributed by atoms with Crippen LogP contribution in [0, 0.1) is 13.8 Å². The number of aromatic nitrogens is 2. The molecule has 2 aromatic rings. The maximum atomic E-state index is 12.4. The second-order valence-electron chi connectivity index (χ2n) is 4.32. The number of benzene rings is 1. The molecule has 0 aliphatic rings. The molecule has 0 amide bonds. The van der Waals surface area contributed by atoms with E-state index in [-0.39, 0.29) is 5.78 Å². The highest BCUT2D eigenvalue weighted by atomic mass is 16.5. The van der Waals surface area contributed by atoms with Crippen molar-refractivity contribution in [2.24, 2.45) is 7.05 Å². The zero-order valence-corrected chi connectivity index (χ0v) is 11.0. The van der Waals surface area contributed by atoms with Crippen molar-refractivity contribution in [1.82, 2.24) is 9.78 Å². The van der Waals surface area contributed by atoms with E-state index in [1.165, 1.54) is 0 Å². The molecule has 0 radical (unpaired) electrons. The van der Waals surface area contributed by atoms with Crippen LogP contribution >= 0.6 is 0 Å². The van der Waals surface area contributed by atoms with E-state index < -0.39 is 0 Å². The average Bonchev–Trinajstić information content (AvgIpc) is 2.78. The first-order valence-electron chi connectivity index (χ1n) is 5.72. The summed E-state index contributed by atoms with van der Waals surface area (Å²) in [7, 11) is 3.37. The summed E-state index contributed by atoms with van der Waals surface area (Å²) in [4.78, 5) is 12.4. The van der Waals surface area contributed by atoms with Gasteiger partial charge in [-0.3, -0.25) is 9.48 Å². The zero-order valence-electron chi connectivity index (χ0n) is 11.0. The monoisotopic (exact) mass is 244 g/mol. The summed E-state index contributed by atoms with van der Waals surface area (Å²) in [5.74, 6) is 0.576. The van der Waals surface area contributed by atoms with Crippen molar-refractivity contribution in [3.05, 3.63) is 46.8 Å². The Hall–Kier alpha value is -2.10. The van der Waals surface area contributed by atoms with Crippen LogP contribution in [-0.4, -0.2) is 22.7 Å². The Morgan fingerprint density at radius 2 is 2.06 bits per heavy atom. The number of carbonyl (C=O) groups is 1. The van der Waals surface area contributed by atoms with Gasteiger partial charge in [-0.25, -0.2) is 0 Å². The summed E-state index contributed by atoms with van der Waals surface area (Å²) in [6.45, 7) is 3.95. The van der Waals surface area contributed by atoms with Crippen molar-refractivity contribution in [1.29, 1.82) is 0 Å². The molecule has 0 N–H and O–H groups in total. The standard InChI is InChI=1S/C14H16N2O2/c1-9-5-6-12(14(18-4)10(9)2)13(17)11-7-15-16(3)8-11/h5-8H,1-4H3. The molecule has 1 aromatic carbocycles. The number of rotatable bonds is 3. The summed E-state index contributed by atoms with van der Waals surface area (Å²) in [6.07, 6.45) is 3.27. The van der Waals surface area contributed by atoms with Gasteiger partial charge in [0.25, 0.3) is 0 Å². The van der Waals surface area contributed by atoms with Crippen LogP contribution in [0.4, 0.5) is 0 Å². The van der Waals surface area contributed by atoms with Gasteiger partial charge in [0.1, 0.15) is 5.75 Å². The van der Waals surface area contributed by atoms with Crippen LogP contribution in [0.1, 0.15) is 27.0 Å². The number of aryl methyl sites for hydroxylation is 2. The number of hydrogen-bond donors (Lipinski definition) is 0. The highest BCUT2D eigenvalue weighted by Gasteiger charge is 2.18. The minimum atomic E-state index is -0.0666. The molecule has 1 aromatic heterocycles. The molecule has 94 valence electrons. The molecular formula is C14H16N2O2. The fraction of sp³-hybridized carbons (Fsp3) is 0.286. The van der Waals surface area contributed by atoms with Crippen molar-refractivity contribution >= 4 is 5.78 Å². The van der Waals surface area contributed by atoms with Crippen molar-refractivity contribution in [2.45, 2.75) is 13.8 Å². The molecule has 4 heteroatoms. The molecular weight excluding hydrogens is 228 g/mol. The number of ketones is 1. The predicted molar refractivity (Wildman–Crippen MR) is 69.1 cm³/mol. The molecule has 1 heterocycles. The quantitative estimate of drug-likeness (QED) is 0.778. The third-order valence-electron chi connectivity index (χ3n) is 3.09. The Balaban J connectivity index is 2.51. The second-order valence-corrected chi connectivity index (χ2v) is 4.32. The van der Waals surface area contributed by atoms with Crippen LogP contribution in [0.25, 0.3) is 0 Å². The fourth-order valence-electron chi connectivity index (χ4n) is 1.93. The van der Waals surface area contributed by atoms with Gasteiger partial charge in [0, 0.05) is 13.2 Å². The predicted octanol–water partition coefficient (Wildman–Crippen LogP) is 2.28. The highest BCUT2D eigenvalue weighted by Crippen LogP contribution is 2.27. The van der Waals surface area contributed by atoms with Gasteiger partial charge in [-0.05, 0) is 31.0 Å². The Bertz CT molecular complexity index is 600. The Kier molecular flexibility index (Phi) is 3.19. The molecule has 0 fully saturated rings. The maximum Gasteiger partial charge on any atom is 0.199 e. The van der Waals surface area contributed by atoms with Crippen molar-refractivity contribution in [3.63, 3.8) is 0 Å². The number of carbonyl (C=O) groups excluding carboxylic acids is 1. The average molecular weight is 244 g/mol. The minimum Gasteiger partial charge on any atom is -0.496 e. The van der Waals surface area contributed by atoms with E-state index in [9.17, 15) is 4.79 Å². The van der Waals surface area contributed by atoms with E-state index in [0.717, 1.165) is 11.1 Å². The summed E-state index contributed by atoms with van der Waals surface area (Å²) in [5, 5.41) is 4.01. The molecule has 18 heavy (non-hydrogen) atoms. The van der Waals surface area contributed by atoms with E-state index in [0.29, 0.717) is 16.9 Å². The van der Waals surface area contributed by atoms with Crippen molar-refractivity contribution < 1.29 is 9.53 Å². The van der Waals surface area contributed by atoms with Gasteiger partial charge >= 0.3 is 0 Å². The lowest BCUT2D eigenvalue weighted by atomic mass is 9.99. The summed E-state index contributed by atoms with van der Waals surface area (Å²) >= 11 is 0. The van der Waals surface area contributed by atoms with Crippen LogP contribution in [-0.2, 0) is 7.05 Å². The van der Waals surface area contributed by atoms with Gasteiger partial charge in [-0.2, -0.15) is 5.10 Å². The largest absolute Gasteiger partial charge is 0.496 e. The van der Waals surface area contributed by atoms with E-state index in [1.54, 1.807) is 37.3 Å². The number of nitrogens with zero attached hydrogens (tertiary/aromatic N) is 2. The van der Waals surface area contributed by atoms with Crippen LogP contribution in [0.5, 0.6) is 5.75 Å². The number of methoxy groups -OCH3 is 1. The number of hydrogen-bond acceptors (Lipinski definition) is 3. The van der Waals surface area contributed by atoms with Gasteiger partial charge in [0.15, 0.2) is 5.78 Å². The first-order valence-corrected chi connectivity index (χ1v) is 5.72. The van der Waals surface area contributed by atoms with Gasteiger partial charge in [-0.1, -0.05) is 6.07 Å². The van der Waals surface area contributed by atoms with Crippen molar-refractivity contribution in [3.8, 4) is 5.75 Å². The van der Waals surface area contributed by atoms with E-state index in [1.807, 2.05) is 19.9 Å². The lowest BCUT2D eigenvalue weighted by molar-refractivity contribution is 0.103. The highest BCUT2D eigenvalue weighted by molar-refractivity contribution is 6.10. The molecule has 0 spiro atoms. The first-order chi connectivity index (χ1) is 8.54. The molecule has 0 unspecified atom stereocenters. The normalized spacial score (nSPS) is 10.4. The molecule has 0 bridgehead atoms. The topological polar surface area (TPSA) is 44.1 Å². The summed E-state index contributed by atoms with van der Waals surface area (Å²) < 4.78 is 6.97. The van der Waals surface area contributed by atoms with Gasteiger partial charge in [0.05, 0.1) is 24.4 Å². The molecule has 0 saturated carbocycles. The third-order valence-corrected chi connectivity index (χ3v) is 3.09. The van der Waals surface area contributed by atoms with Crippen LogP contribution < -0.4 is 4.74 Å². The van der Waals surface area contributed by atoms with Gasteiger partial charge in [-0.15, -0.1) is 0 Å². The smallest absolute Gasteiger partial charge is 0.199 e. The molecule has 0 aliphatic heterocycles.